The molecule has 0 amide bonds. The van der Waals surface area contributed by atoms with Crippen molar-refractivity contribution in [3.8, 4) is 66.8 Å². The Kier molecular flexibility index (Phi) is 21.0. The number of unbranched alkanes of at least 4 members (excludes halogenated alkanes) is 6. The Balaban J connectivity index is 0.604. The normalized spacial score (nSPS) is 12.3. The molecule has 0 unspecified atom stereocenters. The number of aromatic nitrogens is 6. The van der Waals surface area contributed by atoms with Gasteiger partial charge in [-0.2, -0.15) is 0 Å². The predicted molar refractivity (Wildman–Crippen MR) is 537 cm³/mol. The van der Waals surface area contributed by atoms with Gasteiger partial charge in [-0.1, -0.05) is 250 Å². The van der Waals surface area contributed by atoms with Gasteiger partial charge < -0.3 is 27.4 Å². The molecule has 6 heterocycles. The first kappa shape index (κ1) is 77.9. The molecule has 6 nitrogen and oxygen atoms in total. The van der Waals surface area contributed by atoms with Gasteiger partial charge in [-0.05, 0) is 285 Å². The molecule has 610 valence electrons. The van der Waals surface area contributed by atoms with Crippen LogP contribution in [0.25, 0.3) is 222 Å². The van der Waals surface area contributed by atoms with Crippen molar-refractivity contribution >= 4 is 155 Å². The summed E-state index contributed by atoms with van der Waals surface area (Å²) < 4.78 is 15.3. The number of para-hydroxylation sites is 4. The fourth-order valence-electron chi connectivity index (χ4n) is 20.4. The SMILES string of the molecule is CCCCn1c2ccccc2c2cc(-c3cc(-c4ccc5c(c4)c4ccccc4n5CCCC)cc(-c4ccc5c(c4)c4cc(/C=C/c6ccc(/C=C/c7ccc8c(c7)c7cc(-c9cc(-c%10ccc%11c(c%10)c%10ccccc%10n%11CCCC)cc(-c%10ccc%11c(c%10)c%10ccccc%10n%11CCCC)c9)ccc7n8CCCC)cc6)ccc4n5CCCC)c3)ccc21. The molecular formula is C118H108N6. The van der Waals surface area contributed by atoms with Gasteiger partial charge >= 0.3 is 0 Å². The largest absolute Gasteiger partial charge is 0.340 e. The Bertz CT molecular complexity index is 7010. The predicted octanol–water partition coefficient (Wildman–Crippen LogP) is 33.5. The lowest BCUT2D eigenvalue weighted by Gasteiger charge is -2.13. The average Bonchev–Trinajstić information content (AvgIpc) is 1.58. The zero-order valence-electron chi connectivity index (χ0n) is 72.6. The lowest BCUT2D eigenvalue weighted by atomic mass is 9.92. The molecule has 0 N–H and O–H groups in total. The van der Waals surface area contributed by atoms with Crippen molar-refractivity contribution in [2.24, 2.45) is 0 Å². The third-order valence-corrected chi connectivity index (χ3v) is 27.0. The van der Waals surface area contributed by atoms with E-state index in [4.69, 9.17) is 0 Å². The van der Waals surface area contributed by atoms with E-state index in [1.54, 1.807) is 0 Å². The van der Waals surface area contributed by atoms with E-state index in [0.717, 1.165) is 127 Å². The number of hydrogen-bond donors (Lipinski definition) is 0. The minimum Gasteiger partial charge on any atom is -0.340 e. The van der Waals surface area contributed by atoms with Gasteiger partial charge in [0.25, 0.3) is 0 Å². The summed E-state index contributed by atoms with van der Waals surface area (Å²) in [7, 11) is 0. The number of nitrogens with zero attached hydrogens (tertiary/aromatic N) is 6. The number of fused-ring (bicyclic) bond motifs is 18. The van der Waals surface area contributed by atoms with E-state index < -0.39 is 0 Å². The summed E-state index contributed by atoms with van der Waals surface area (Å²) in [4.78, 5) is 0. The second kappa shape index (κ2) is 33.4. The minimum atomic E-state index is 0.967. The van der Waals surface area contributed by atoms with Crippen molar-refractivity contribution < 1.29 is 0 Å². The number of hydrogen-bond acceptors (Lipinski definition) is 0. The van der Waals surface area contributed by atoms with Crippen LogP contribution in [0.15, 0.2) is 303 Å². The maximum Gasteiger partial charge on any atom is 0.0491 e. The van der Waals surface area contributed by atoms with E-state index in [-0.39, 0.29) is 0 Å². The molecule has 0 aliphatic carbocycles. The molecule has 0 bridgehead atoms. The molecule has 21 rings (SSSR count). The van der Waals surface area contributed by atoms with Crippen molar-refractivity contribution in [1.29, 1.82) is 0 Å². The van der Waals surface area contributed by atoms with E-state index in [1.807, 2.05) is 0 Å². The summed E-state index contributed by atoms with van der Waals surface area (Å²) in [5.41, 5.74) is 34.9. The van der Waals surface area contributed by atoms with Crippen LogP contribution < -0.4 is 0 Å². The topological polar surface area (TPSA) is 29.6 Å². The van der Waals surface area contributed by atoms with Gasteiger partial charge in [-0.15, -0.1) is 0 Å². The van der Waals surface area contributed by atoms with Gasteiger partial charge in [0, 0.05) is 170 Å². The summed E-state index contributed by atoms with van der Waals surface area (Å²) in [6, 6.07) is 117. The van der Waals surface area contributed by atoms with Crippen molar-refractivity contribution in [2.45, 2.75) is 158 Å². The summed E-state index contributed by atoms with van der Waals surface area (Å²) in [6.07, 6.45) is 22.8. The maximum absolute atomic E-state index is 2.57. The molecule has 0 saturated carbocycles. The Morgan fingerprint density at radius 3 is 0.540 bits per heavy atom. The Labute approximate surface area is 727 Å². The molecule has 124 heavy (non-hydrogen) atoms. The first-order valence-electron chi connectivity index (χ1n) is 46.1. The molecule has 21 aromatic rings. The van der Waals surface area contributed by atoms with Crippen molar-refractivity contribution in [2.75, 3.05) is 0 Å². The molecule has 6 aromatic heterocycles. The first-order chi connectivity index (χ1) is 61.2. The van der Waals surface area contributed by atoms with Gasteiger partial charge in [0.15, 0.2) is 0 Å². The second-order valence-electron chi connectivity index (χ2n) is 35.0. The van der Waals surface area contributed by atoms with Crippen LogP contribution in [0.5, 0.6) is 0 Å². The molecule has 0 radical (unpaired) electrons. The highest BCUT2D eigenvalue weighted by molar-refractivity contribution is 6.16. The van der Waals surface area contributed by atoms with Crippen LogP contribution in [0.3, 0.4) is 0 Å². The third kappa shape index (κ3) is 14.1. The molecular weight excluding hydrogens is 1500 g/mol. The smallest absolute Gasteiger partial charge is 0.0491 e. The highest BCUT2D eigenvalue weighted by atomic mass is 15.0. The molecule has 0 spiro atoms. The monoisotopic (exact) mass is 1610 g/mol. The van der Waals surface area contributed by atoms with Crippen molar-refractivity contribution in [1.82, 2.24) is 27.4 Å². The zero-order valence-corrected chi connectivity index (χ0v) is 72.6. The Hall–Kier alpha value is -13.4. The summed E-state index contributed by atoms with van der Waals surface area (Å²) in [5.74, 6) is 0. The van der Waals surface area contributed by atoms with Crippen LogP contribution in [0.4, 0.5) is 0 Å². The van der Waals surface area contributed by atoms with E-state index >= 15 is 0 Å². The molecule has 0 fully saturated rings. The number of rotatable bonds is 28. The third-order valence-electron chi connectivity index (χ3n) is 27.0. The van der Waals surface area contributed by atoms with Gasteiger partial charge in [0.2, 0.25) is 0 Å². The van der Waals surface area contributed by atoms with Gasteiger partial charge in [-0.3, -0.25) is 0 Å². The van der Waals surface area contributed by atoms with E-state index in [2.05, 4.69) is 397 Å². The quantitative estimate of drug-likeness (QED) is 0.0438. The van der Waals surface area contributed by atoms with Crippen LogP contribution in [-0.2, 0) is 39.3 Å². The van der Waals surface area contributed by atoms with Gasteiger partial charge in [0.1, 0.15) is 0 Å². The van der Waals surface area contributed by atoms with E-state index in [9.17, 15) is 0 Å². The molecule has 0 aliphatic heterocycles. The second-order valence-corrected chi connectivity index (χ2v) is 35.0. The Morgan fingerprint density at radius 1 is 0.153 bits per heavy atom. The molecule has 0 saturated heterocycles. The van der Waals surface area contributed by atoms with Crippen LogP contribution in [0.1, 0.15) is 141 Å². The fraction of sp³-hybridized carbons (Fsp3) is 0.203. The van der Waals surface area contributed by atoms with Crippen molar-refractivity contribution in [3.63, 3.8) is 0 Å². The van der Waals surface area contributed by atoms with Crippen LogP contribution in [0.2, 0.25) is 0 Å². The highest BCUT2D eigenvalue weighted by Crippen LogP contribution is 2.45. The lowest BCUT2D eigenvalue weighted by Crippen LogP contribution is -1.97. The minimum absolute atomic E-state index is 0.967. The maximum atomic E-state index is 2.57. The summed E-state index contributed by atoms with van der Waals surface area (Å²) in [5, 5.41) is 15.6. The van der Waals surface area contributed by atoms with Crippen LogP contribution in [0, 0.1) is 0 Å². The molecule has 0 atom stereocenters. The molecule has 15 aromatic carbocycles. The summed E-state index contributed by atoms with van der Waals surface area (Å²) >= 11 is 0. The fourth-order valence-corrected chi connectivity index (χ4v) is 20.4. The zero-order chi connectivity index (χ0) is 83.5. The molecule has 6 heteroatoms. The number of aryl methyl sites for hydroxylation is 6. The average molecular weight is 1610 g/mol. The lowest BCUT2D eigenvalue weighted by molar-refractivity contribution is 0.665. The van der Waals surface area contributed by atoms with Crippen LogP contribution >= 0.6 is 0 Å². The van der Waals surface area contributed by atoms with E-state index in [1.165, 1.54) is 209 Å². The highest BCUT2D eigenvalue weighted by Gasteiger charge is 2.22. The summed E-state index contributed by atoms with van der Waals surface area (Å²) in [6.45, 7) is 19.7. The van der Waals surface area contributed by atoms with Gasteiger partial charge in [-0.25, -0.2) is 0 Å². The Morgan fingerprint density at radius 2 is 0.323 bits per heavy atom. The van der Waals surface area contributed by atoms with Gasteiger partial charge in [0.05, 0.1) is 0 Å². The first-order valence-corrected chi connectivity index (χ1v) is 46.1. The molecule has 0 aliphatic rings. The van der Waals surface area contributed by atoms with Crippen molar-refractivity contribution in [3.05, 3.63) is 326 Å². The van der Waals surface area contributed by atoms with E-state index in [0.29, 0.717) is 0 Å². The standard InChI is InChI=1S/C118H108N6/c1-7-13-59-119-107-31-23-19-27-95(107)101-73-83(45-53-113(101)119)89-67-90(84-46-54-114-102(74-84)96-28-20-24-32-108(96)120(114)60-14-8-2)70-93(69-89)87-49-57-117-105(77-87)99-65-81(43-51-111(99)123(117)63-17-11-5)41-39-79-35-37-80(38-36-79)40-42-82-44-52-112-100(66-82)106-78-88(50-58-118(106)124(112)64-18-12-6)94-71-91(85-47-55-115-103(75-85)97-29-21-25-33-109(97)121(115)61-15-9-3)68-92(72-94)86-48-56-116-104(76-86)98-30-22-26-34-110(98)122(116)62-16-10-4/h19-58,65-78H,7-18,59-64H2,1-6H3/b41-39+,42-40+. The van der Waals surface area contributed by atoms with Crippen LogP contribution in [-0.4, -0.2) is 27.4 Å². The number of benzene rings is 15.